The van der Waals surface area contributed by atoms with Crippen molar-refractivity contribution in [3.8, 4) is 11.3 Å². The van der Waals surface area contributed by atoms with Crippen molar-refractivity contribution in [2.75, 3.05) is 0 Å². The average Bonchev–Trinajstić information content (AvgIpc) is 3.23. The number of aromatic nitrogens is 1. The Balaban J connectivity index is 2.24. The molecule has 0 spiro atoms. The highest BCUT2D eigenvalue weighted by Gasteiger charge is 2.27. The second kappa shape index (κ2) is 4.26. The van der Waals surface area contributed by atoms with Gasteiger partial charge < -0.3 is 4.57 Å². The summed E-state index contributed by atoms with van der Waals surface area (Å²) in [7, 11) is 0. The first kappa shape index (κ1) is 11.0. The van der Waals surface area contributed by atoms with Crippen LogP contribution in [0.15, 0.2) is 47.3 Å². The van der Waals surface area contributed by atoms with E-state index in [0.29, 0.717) is 6.29 Å². The normalized spacial score (nSPS) is 14.4. The van der Waals surface area contributed by atoms with E-state index in [9.17, 15) is 9.59 Å². The van der Waals surface area contributed by atoms with E-state index in [1.165, 1.54) is 0 Å². The standard InChI is InChI=1S/C15H13NO2/c17-10-12-6-9-14(11-4-2-1-3-5-11)16(15(12)18)13-7-8-13/h1-6,9-10,13H,7-8H2. The van der Waals surface area contributed by atoms with Crippen molar-refractivity contribution >= 4 is 6.29 Å². The molecule has 1 fully saturated rings. The lowest BCUT2D eigenvalue weighted by Crippen LogP contribution is -2.24. The molecule has 0 unspecified atom stereocenters. The van der Waals surface area contributed by atoms with Crippen LogP contribution in [0.1, 0.15) is 29.2 Å². The van der Waals surface area contributed by atoms with E-state index < -0.39 is 0 Å². The van der Waals surface area contributed by atoms with Gasteiger partial charge in [-0.1, -0.05) is 30.3 Å². The molecule has 3 rings (SSSR count). The Morgan fingerprint density at radius 1 is 1.06 bits per heavy atom. The molecule has 1 heterocycles. The van der Waals surface area contributed by atoms with Gasteiger partial charge in [0.05, 0.1) is 11.3 Å². The van der Waals surface area contributed by atoms with E-state index >= 15 is 0 Å². The summed E-state index contributed by atoms with van der Waals surface area (Å²) in [5, 5.41) is 0. The van der Waals surface area contributed by atoms with Crippen LogP contribution < -0.4 is 5.56 Å². The molecule has 3 heteroatoms. The summed E-state index contributed by atoms with van der Waals surface area (Å²) in [4.78, 5) is 23.1. The molecule has 90 valence electrons. The van der Waals surface area contributed by atoms with Gasteiger partial charge in [0.1, 0.15) is 0 Å². The SMILES string of the molecule is O=Cc1ccc(-c2ccccc2)n(C2CC2)c1=O. The Labute approximate surface area is 105 Å². The third-order valence-corrected chi connectivity index (χ3v) is 3.25. The first-order chi connectivity index (χ1) is 8.81. The molecule has 1 aromatic carbocycles. The molecule has 1 aliphatic rings. The molecule has 0 N–H and O–H groups in total. The van der Waals surface area contributed by atoms with Crippen molar-refractivity contribution in [1.82, 2.24) is 4.57 Å². The smallest absolute Gasteiger partial charge is 0.261 e. The molecule has 0 atom stereocenters. The minimum Gasteiger partial charge on any atom is -0.305 e. The Kier molecular flexibility index (Phi) is 2.59. The van der Waals surface area contributed by atoms with Gasteiger partial charge in [0.25, 0.3) is 5.56 Å². The summed E-state index contributed by atoms with van der Waals surface area (Å²) in [6.45, 7) is 0. The molecular formula is C15H13NO2. The van der Waals surface area contributed by atoms with Gasteiger partial charge in [-0.25, -0.2) is 0 Å². The molecule has 0 amide bonds. The van der Waals surface area contributed by atoms with Gasteiger partial charge in [-0.15, -0.1) is 0 Å². The van der Waals surface area contributed by atoms with Crippen molar-refractivity contribution in [2.45, 2.75) is 18.9 Å². The number of nitrogens with zero attached hydrogens (tertiary/aromatic N) is 1. The molecule has 0 aliphatic heterocycles. The predicted octanol–water partition coefficient (Wildman–Crippen LogP) is 2.66. The van der Waals surface area contributed by atoms with Gasteiger partial charge >= 0.3 is 0 Å². The van der Waals surface area contributed by atoms with Gasteiger partial charge in [-0.3, -0.25) is 9.59 Å². The van der Waals surface area contributed by atoms with Crippen LogP contribution in [0.3, 0.4) is 0 Å². The maximum absolute atomic E-state index is 12.2. The third-order valence-electron chi connectivity index (χ3n) is 3.25. The van der Waals surface area contributed by atoms with E-state index in [1.54, 1.807) is 10.6 Å². The first-order valence-corrected chi connectivity index (χ1v) is 6.07. The number of carbonyl (C=O) groups excluding carboxylic acids is 1. The number of rotatable bonds is 3. The lowest BCUT2D eigenvalue weighted by molar-refractivity contribution is 0.112. The highest BCUT2D eigenvalue weighted by molar-refractivity contribution is 5.75. The van der Waals surface area contributed by atoms with Gasteiger partial charge in [-0.05, 0) is 30.5 Å². The van der Waals surface area contributed by atoms with E-state index in [4.69, 9.17) is 0 Å². The monoisotopic (exact) mass is 239 g/mol. The summed E-state index contributed by atoms with van der Waals surface area (Å²) in [5.41, 5.74) is 1.98. The molecule has 0 saturated heterocycles. The van der Waals surface area contributed by atoms with Crippen LogP contribution in [0.2, 0.25) is 0 Å². The molecule has 0 radical (unpaired) electrons. The molecule has 3 nitrogen and oxygen atoms in total. The van der Waals surface area contributed by atoms with Gasteiger partial charge in [0.2, 0.25) is 0 Å². The van der Waals surface area contributed by atoms with E-state index in [1.807, 2.05) is 36.4 Å². The number of hydrogen-bond donors (Lipinski definition) is 0. The minimum absolute atomic E-state index is 0.172. The van der Waals surface area contributed by atoms with Crippen LogP contribution in [-0.4, -0.2) is 10.9 Å². The van der Waals surface area contributed by atoms with Crippen molar-refractivity contribution < 1.29 is 4.79 Å². The fourth-order valence-electron chi connectivity index (χ4n) is 2.20. The summed E-state index contributed by atoms with van der Waals surface area (Å²) in [5.74, 6) is 0. The van der Waals surface area contributed by atoms with Crippen molar-refractivity contribution in [1.29, 1.82) is 0 Å². The van der Waals surface area contributed by atoms with Crippen molar-refractivity contribution in [2.24, 2.45) is 0 Å². The Morgan fingerprint density at radius 2 is 1.78 bits per heavy atom. The number of carbonyl (C=O) groups is 1. The van der Waals surface area contributed by atoms with Crippen LogP contribution >= 0.6 is 0 Å². The molecular weight excluding hydrogens is 226 g/mol. The summed E-state index contributed by atoms with van der Waals surface area (Å²) in [6, 6.07) is 13.5. The molecule has 18 heavy (non-hydrogen) atoms. The molecule has 1 saturated carbocycles. The number of aldehydes is 1. The average molecular weight is 239 g/mol. The molecule has 2 aromatic rings. The number of hydrogen-bond acceptors (Lipinski definition) is 2. The highest BCUT2D eigenvalue weighted by atomic mass is 16.1. The van der Waals surface area contributed by atoms with Gasteiger partial charge in [0, 0.05) is 6.04 Å². The lowest BCUT2D eigenvalue weighted by atomic mass is 10.1. The predicted molar refractivity (Wildman–Crippen MR) is 69.8 cm³/mol. The van der Waals surface area contributed by atoms with E-state index in [-0.39, 0.29) is 17.2 Å². The summed E-state index contributed by atoms with van der Waals surface area (Å²) >= 11 is 0. The summed E-state index contributed by atoms with van der Waals surface area (Å²) in [6.07, 6.45) is 2.67. The largest absolute Gasteiger partial charge is 0.305 e. The molecule has 1 aliphatic carbocycles. The van der Waals surface area contributed by atoms with Crippen molar-refractivity contribution in [3.63, 3.8) is 0 Å². The fourth-order valence-corrected chi connectivity index (χ4v) is 2.20. The Morgan fingerprint density at radius 3 is 2.39 bits per heavy atom. The maximum Gasteiger partial charge on any atom is 0.261 e. The maximum atomic E-state index is 12.2. The number of pyridine rings is 1. The zero-order valence-corrected chi connectivity index (χ0v) is 9.87. The van der Waals surface area contributed by atoms with Gasteiger partial charge in [-0.2, -0.15) is 0 Å². The van der Waals surface area contributed by atoms with Crippen LogP contribution in [0.4, 0.5) is 0 Å². The van der Waals surface area contributed by atoms with Crippen molar-refractivity contribution in [3.05, 3.63) is 58.4 Å². The van der Waals surface area contributed by atoms with Crippen LogP contribution in [0.5, 0.6) is 0 Å². The first-order valence-electron chi connectivity index (χ1n) is 6.07. The lowest BCUT2D eigenvalue weighted by Gasteiger charge is -2.12. The zero-order valence-electron chi connectivity index (χ0n) is 9.87. The van der Waals surface area contributed by atoms with Gasteiger partial charge in [0.15, 0.2) is 6.29 Å². The molecule has 0 bridgehead atoms. The van der Waals surface area contributed by atoms with Crippen LogP contribution in [0.25, 0.3) is 11.3 Å². The topological polar surface area (TPSA) is 39.1 Å². The zero-order chi connectivity index (χ0) is 12.5. The number of benzene rings is 1. The third kappa shape index (κ3) is 1.78. The van der Waals surface area contributed by atoms with Crippen LogP contribution in [-0.2, 0) is 0 Å². The van der Waals surface area contributed by atoms with E-state index in [0.717, 1.165) is 24.1 Å². The van der Waals surface area contributed by atoms with Crippen LogP contribution in [0, 0.1) is 0 Å². The second-order valence-corrected chi connectivity index (χ2v) is 4.56. The Bertz CT molecular complexity index is 639. The fraction of sp³-hybridized carbons (Fsp3) is 0.200. The second-order valence-electron chi connectivity index (χ2n) is 4.56. The highest BCUT2D eigenvalue weighted by Crippen LogP contribution is 2.36. The van der Waals surface area contributed by atoms with E-state index in [2.05, 4.69) is 0 Å². The molecule has 1 aromatic heterocycles. The Hall–Kier alpha value is -2.16. The quantitative estimate of drug-likeness (QED) is 0.772. The minimum atomic E-state index is -0.172. The summed E-state index contributed by atoms with van der Waals surface area (Å²) < 4.78 is 1.76.